The maximum Gasteiger partial charge on any atom is 0.330 e. The van der Waals surface area contributed by atoms with Gasteiger partial charge in [-0.25, -0.2) is 24.0 Å². The van der Waals surface area contributed by atoms with Crippen LogP contribution in [0.15, 0.2) is 104 Å². The van der Waals surface area contributed by atoms with Gasteiger partial charge >= 0.3 is 28.4 Å². The van der Waals surface area contributed by atoms with Crippen LogP contribution < -0.4 is 56.2 Å². The fourth-order valence-electron chi connectivity index (χ4n) is 13.9. The highest BCUT2D eigenvalue weighted by Crippen LogP contribution is 2.45. The number of rotatable bonds is 30. The van der Waals surface area contributed by atoms with Gasteiger partial charge < -0.3 is 79.3 Å². The SMILES string of the molecule is C=CCCn1cc([C@@H]2O[C@H](CCP(=C)(C)C)[C@@H](O)[C@H]2O)c(=O)[nH]c1=O.C=CCn1cc([C@@H]2O[C@H](CCP(=C)(C)C)[C@@H](O)[C@H]2O)c(=O)[nH]c1=O.C=P(C)(C)CC[C@H]1O[C@@H](c2cn(CCC)c(=O)[nH]c2=O)[C@H](O)[C@@H]1O.C=P(C)(C)CC[C@H]1O[C@@H](n2cc(CC)c(=O)[nH]c2=O)[C@H](O)[C@@H]1O.C=P(C)(C)CC[C@H]1O[C@@H](n2cc(CCC)c(=O)[nH]c2=O)[C@H](O)[C@@H]1O. The van der Waals surface area contributed by atoms with E-state index in [2.05, 4.69) is 136 Å². The number of aliphatic hydroxyl groups excluding tert-OH is 10. The Bertz CT molecular complexity index is 5080. The Morgan fingerprint density at radius 1 is 0.350 bits per heavy atom. The second-order valence-electron chi connectivity index (χ2n) is 34.7. The van der Waals surface area contributed by atoms with Crippen molar-refractivity contribution >= 4 is 65.9 Å². The van der Waals surface area contributed by atoms with Crippen molar-refractivity contribution in [2.45, 2.75) is 227 Å². The predicted molar refractivity (Wildman–Crippen MR) is 483 cm³/mol. The molecule has 0 aliphatic carbocycles. The first-order valence-electron chi connectivity index (χ1n) is 40.1. The third kappa shape index (κ3) is 28.7. The first-order valence-corrected chi connectivity index (χ1v) is 55.3. The van der Waals surface area contributed by atoms with Crippen molar-refractivity contribution in [1.29, 1.82) is 0 Å². The lowest BCUT2D eigenvalue weighted by Gasteiger charge is -2.19. The summed E-state index contributed by atoms with van der Waals surface area (Å²) in [6, 6.07) is 0. The van der Waals surface area contributed by atoms with E-state index in [9.17, 15) is 99.0 Å². The number of nitrogens with zero attached hydrogens (tertiary/aromatic N) is 5. The van der Waals surface area contributed by atoms with Gasteiger partial charge in [0.2, 0.25) is 0 Å². The van der Waals surface area contributed by atoms with Gasteiger partial charge in [0.25, 0.3) is 27.8 Å². The molecule has 10 heterocycles. The number of aryl methyl sites for hydroxylation is 4. The van der Waals surface area contributed by atoms with Crippen molar-refractivity contribution in [3.63, 3.8) is 0 Å². The Labute approximate surface area is 697 Å². The largest absolute Gasteiger partial charge is 0.388 e. The van der Waals surface area contributed by atoms with Crippen LogP contribution in [0.25, 0.3) is 0 Å². The van der Waals surface area contributed by atoms with Gasteiger partial charge in [0.1, 0.15) is 79.4 Å². The van der Waals surface area contributed by atoms with E-state index >= 15 is 0 Å². The standard InChI is InChI=1S/C17H27N2O5P.C16H27N2O5P.C16H25N2O5P.C16H27N2O5P.C15H25N2O5P/c1-5-6-8-19-10-11(16(22)18-17(19)23)15-14(21)13(20)12(24-15)7-9-25(2,3)4;2*1-5-7-18-9-10(15(21)17-16(18)22)14-13(20)12(19)11(23-14)6-8-24(2,3)4;1-5-6-10-9-18(16(22)17-14(10)21)15-13(20)12(19)11(23-15)7-8-24(2,3)4;1-5-9-8-17(15(21)16-13(9)20)14-12(19)11(18)10(22-14)6-7-23(2,3)4/h5,10,12-15,20-21H,1-2,6-9H2,3-4H3,(H,18,22,23);9,11-14,19-20H,2,5-8H2,1,3-4H3,(H,17,21,22);5,9,11-14,19-20H,1-2,6-8H2,3-4H3,(H,17,21,22);9,11-13,15,19-20H,2,5-8H2,1,3-4H3,(H,17,21,22);8,10-12,14,18-19H,2,5-7H2,1,3-4H3,(H,16,20,21)/t12-,13-,14-,15+;2*11-,12-,13-,14+;11-,12-,13-,15-;10-,11-,12-,14-/m11111/s1. The first-order chi connectivity index (χ1) is 55.7. The third-order valence-corrected chi connectivity index (χ3v) is 28.1. The number of aromatic amines is 5. The summed E-state index contributed by atoms with van der Waals surface area (Å²) in [7, 11) is 0. The van der Waals surface area contributed by atoms with Gasteiger partial charge in [-0.1, -0.05) is 39.3 Å². The maximum absolute atomic E-state index is 12.2. The second-order valence-corrected chi connectivity index (χ2v) is 56.3. The van der Waals surface area contributed by atoms with Gasteiger partial charge in [0.05, 0.1) is 47.2 Å². The molecule has 5 aromatic heterocycles. The lowest BCUT2D eigenvalue weighted by molar-refractivity contribution is -0.0404. The van der Waals surface area contributed by atoms with Crippen LogP contribution in [-0.2, 0) is 56.2 Å². The molecule has 0 amide bonds. The van der Waals surface area contributed by atoms with Crippen LogP contribution in [0, 0.1) is 0 Å². The molecule has 5 aliphatic heterocycles. The zero-order chi connectivity index (χ0) is 90.3. The van der Waals surface area contributed by atoms with Gasteiger partial charge in [-0.15, -0.1) is 79.1 Å². The number of nitrogens with one attached hydrogen (secondary N) is 5. The fraction of sp³-hybridized carbons (Fsp3) is 0.637. The van der Waals surface area contributed by atoms with E-state index in [0.29, 0.717) is 75.6 Å². The van der Waals surface area contributed by atoms with Crippen molar-refractivity contribution in [2.75, 3.05) is 97.5 Å². The molecule has 0 radical (unpaired) electrons. The van der Waals surface area contributed by atoms with E-state index in [1.54, 1.807) is 13.0 Å². The molecule has 120 heavy (non-hydrogen) atoms. The van der Waals surface area contributed by atoms with Gasteiger partial charge in [-0.2, -0.15) is 0 Å². The lowest BCUT2D eigenvalue weighted by Crippen LogP contribution is -2.38. The molecule has 5 aromatic rings. The zero-order valence-electron chi connectivity index (χ0n) is 71.3. The summed E-state index contributed by atoms with van der Waals surface area (Å²) in [6.45, 7) is 28.3. The summed E-state index contributed by atoms with van der Waals surface area (Å²) < 4.78 is 35.1. The monoisotopic (exact) mass is 1790 g/mol. The number of aromatic nitrogens is 10. The van der Waals surface area contributed by atoms with Crippen molar-refractivity contribution in [2.24, 2.45) is 0 Å². The van der Waals surface area contributed by atoms with E-state index < -0.39 is 213 Å². The van der Waals surface area contributed by atoms with Crippen LogP contribution in [0.5, 0.6) is 0 Å². The third-order valence-electron chi connectivity index (χ3n) is 20.8. The molecule has 0 aromatic carbocycles. The van der Waals surface area contributed by atoms with Crippen molar-refractivity contribution in [3.05, 3.63) is 188 Å². The molecule has 676 valence electrons. The molecule has 35 nitrogen and oxygen atoms in total. The van der Waals surface area contributed by atoms with E-state index in [1.165, 1.54) is 55.3 Å². The molecule has 5 saturated heterocycles. The molecular weight excluding hydrogens is 1660 g/mol. The van der Waals surface area contributed by atoms with E-state index in [4.69, 9.17) is 23.7 Å². The van der Waals surface area contributed by atoms with Crippen molar-refractivity contribution in [3.8, 4) is 0 Å². The van der Waals surface area contributed by atoms with Gasteiger partial charge in [0.15, 0.2) is 12.5 Å². The van der Waals surface area contributed by atoms with E-state index in [0.717, 1.165) is 48.2 Å². The summed E-state index contributed by atoms with van der Waals surface area (Å²) in [5, 5.41) is 103. The molecule has 15 N–H and O–H groups in total. The molecule has 40 heteroatoms. The molecule has 0 unspecified atom stereocenters. The Balaban J connectivity index is 0.000000233. The summed E-state index contributed by atoms with van der Waals surface area (Å²) >= 11 is 0. The minimum atomic E-state index is -1.29. The normalized spacial score (nSPS) is 27.5. The van der Waals surface area contributed by atoms with Crippen LogP contribution >= 0.6 is 34.4 Å². The van der Waals surface area contributed by atoms with Crippen molar-refractivity contribution in [1.82, 2.24) is 47.8 Å². The Hall–Kier alpha value is -6.22. The smallest absolute Gasteiger partial charge is 0.330 e. The topological polar surface area (TPSA) is 523 Å². The molecular formula is C80H131N10O25P5. The van der Waals surface area contributed by atoms with Crippen LogP contribution in [0.3, 0.4) is 0 Å². The quantitative estimate of drug-likeness (QED) is 0.0221. The molecule has 0 bridgehead atoms. The van der Waals surface area contributed by atoms with Crippen LogP contribution in [0.4, 0.5) is 0 Å². The number of H-pyrrole nitrogens is 5. The van der Waals surface area contributed by atoms with Gasteiger partial charge in [-0.3, -0.25) is 67.2 Å². The van der Waals surface area contributed by atoms with E-state index in [1.807, 2.05) is 13.8 Å². The molecule has 5 fully saturated rings. The molecule has 0 spiro atoms. The average Bonchev–Trinajstić information content (AvgIpc) is 1.67. The first kappa shape index (κ1) is 103. The number of allylic oxidation sites excluding steroid dienone is 2. The highest BCUT2D eigenvalue weighted by atomic mass is 31.2. The Kier molecular flexibility index (Phi) is 37.7. The summed E-state index contributed by atoms with van der Waals surface area (Å²) in [6.07, 6.45) is 21.6. The average molecular weight is 1790 g/mol. The summed E-state index contributed by atoms with van der Waals surface area (Å²) in [4.78, 5) is 130. The Morgan fingerprint density at radius 2 is 0.633 bits per heavy atom. The lowest BCUT2D eigenvalue weighted by atomic mass is 10.0. The van der Waals surface area contributed by atoms with Crippen molar-refractivity contribution < 1.29 is 74.7 Å². The van der Waals surface area contributed by atoms with Crippen LogP contribution in [0.1, 0.15) is 131 Å². The van der Waals surface area contributed by atoms with Gasteiger partial charge in [-0.05, 0) is 155 Å². The maximum atomic E-state index is 12.2. The number of hydrogen-bond acceptors (Lipinski definition) is 25. The molecule has 20 atom stereocenters. The number of hydrogen-bond donors (Lipinski definition) is 15. The molecule has 10 rings (SSSR count). The minimum Gasteiger partial charge on any atom is -0.388 e. The number of aliphatic hydroxyl groups is 10. The molecule has 0 saturated carbocycles. The molecule has 5 aliphatic rings. The van der Waals surface area contributed by atoms with Crippen LogP contribution in [0.2, 0.25) is 0 Å². The second kappa shape index (κ2) is 44.1. The summed E-state index contributed by atoms with van der Waals surface area (Å²) in [5.74, 6) is 0. The fourth-order valence-corrected chi connectivity index (χ4v) is 18.7. The Morgan fingerprint density at radius 3 is 0.933 bits per heavy atom. The van der Waals surface area contributed by atoms with E-state index in [-0.39, 0.29) is 23.2 Å². The highest BCUT2D eigenvalue weighted by Gasteiger charge is 2.49. The predicted octanol–water partition coefficient (Wildman–Crippen LogP) is 0.590. The summed E-state index contributed by atoms with van der Waals surface area (Å²) in [5.41, 5.74) is -4.27. The highest BCUT2D eigenvalue weighted by molar-refractivity contribution is 7.73. The van der Waals surface area contributed by atoms with Crippen LogP contribution in [-0.4, -0.2) is 319 Å². The minimum absolute atomic E-state index is 0.120. The number of ether oxygens (including phenoxy) is 5. The zero-order valence-corrected chi connectivity index (χ0v) is 75.8. The van der Waals surface area contributed by atoms with Gasteiger partial charge in [0, 0.05) is 61.7 Å².